The van der Waals surface area contributed by atoms with Gasteiger partial charge in [0, 0.05) is 12.8 Å². The highest BCUT2D eigenvalue weighted by Gasteiger charge is 2.26. The van der Waals surface area contributed by atoms with Crippen LogP contribution in [0.1, 0.15) is 48.3 Å². The Kier molecular flexibility index (Phi) is 7.60. The van der Waals surface area contributed by atoms with Gasteiger partial charge in [0.2, 0.25) is 0 Å². The average Bonchev–Trinajstić information content (AvgIpc) is 3.18. The van der Waals surface area contributed by atoms with Crippen LogP contribution in [-0.4, -0.2) is 31.0 Å². The number of methoxy groups -OCH3 is 1. The van der Waals surface area contributed by atoms with Gasteiger partial charge in [-0.15, -0.1) is 0 Å². The number of aryl methyl sites for hydroxylation is 1. The molecule has 6 heteroatoms. The highest BCUT2D eigenvalue weighted by molar-refractivity contribution is 5.83. The molecule has 158 valence electrons. The first-order valence-electron chi connectivity index (χ1n) is 10.2. The molecule has 2 atom stereocenters. The number of carbonyl (C=O) groups excluding carboxylic acids is 3. The molecule has 0 aliphatic heterocycles. The normalized spacial score (nSPS) is 15.7. The van der Waals surface area contributed by atoms with Gasteiger partial charge in [-0.1, -0.05) is 54.6 Å². The van der Waals surface area contributed by atoms with Crippen LogP contribution in [0.5, 0.6) is 0 Å². The van der Waals surface area contributed by atoms with Gasteiger partial charge in [0.1, 0.15) is 18.4 Å². The Balaban J connectivity index is 1.48. The van der Waals surface area contributed by atoms with E-state index >= 15 is 0 Å². The van der Waals surface area contributed by atoms with E-state index in [0.717, 1.165) is 18.4 Å². The Hall–Kier alpha value is -3.15. The summed E-state index contributed by atoms with van der Waals surface area (Å²) in [5, 5.41) is 2.51. The lowest BCUT2D eigenvalue weighted by Crippen LogP contribution is -2.42. The van der Waals surface area contributed by atoms with Crippen molar-refractivity contribution in [1.82, 2.24) is 5.32 Å². The molecule has 2 aromatic carbocycles. The lowest BCUT2D eigenvalue weighted by molar-refractivity contribution is -0.143. The van der Waals surface area contributed by atoms with Crippen molar-refractivity contribution in [3.05, 3.63) is 71.3 Å². The fourth-order valence-electron chi connectivity index (χ4n) is 3.84. The summed E-state index contributed by atoms with van der Waals surface area (Å²) in [5.41, 5.74) is 3.40. The molecule has 1 aliphatic rings. The van der Waals surface area contributed by atoms with Crippen molar-refractivity contribution in [1.29, 1.82) is 0 Å². The number of fused-ring (bicyclic) bond motifs is 1. The van der Waals surface area contributed by atoms with Crippen molar-refractivity contribution in [3.63, 3.8) is 0 Å². The summed E-state index contributed by atoms with van der Waals surface area (Å²) in [7, 11) is 1.25. The van der Waals surface area contributed by atoms with E-state index in [1.807, 2.05) is 42.5 Å². The third-order valence-corrected chi connectivity index (χ3v) is 5.43. The van der Waals surface area contributed by atoms with Crippen LogP contribution < -0.4 is 5.32 Å². The molecule has 0 fully saturated rings. The highest BCUT2D eigenvalue weighted by atomic mass is 16.6. The Labute approximate surface area is 176 Å². The molecular weight excluding hydrogens is 382 g/mol. The first kappa shape index (κ1) is 21.6. The molecule has 3 rings (SSSR count). The molecule has 1 aliphatic carbocycles. The minimum Gasteiger partial charge on any atom is -0.467 e. The van der Waals surface area contributed by atoms with Gasteiger partial charge >= 0.3 is 12.1 Å². The van der Waals surface area contributed by atoms with Gasteiger partial charge in [0.15, 0.2) is 0 Å². The number of ether oxygens (including phenoxy) is 2. The molecule has 0 heterocycles. The Morgan fingerprint density at radius 1 is 1.07 bits per heavy atom. The molecule has 1 amide bonds. The van der Waals surface area contributed by atoms with Crippen LogP contribution in [0.3, 0.4) is 0 Å². The molecule has 2 aromatic rings. The quantitative estimate of drug-likeness (QED) is 0.635. The second-order valence-corrected chi connectivity index (χ2v) is 7.50. The third-order valence-electron chi connectivity index (χ3n) is 5.43. The lowest BCUT2D eigenvalue weighted by atomic mass is 9.93. The predicted octanol–water partition coefficient (Wildman–Crippen LogP) is 3.92. The number of esters is 1. The number of ketones is 1. The van der Waals surface area contributed by atoms with Crippen molar-refractivity contribution >= 4 is 17.8 Å². The average molecular weight is 409 g/mol. The summed E-state index contributed by atoms with van der Waals surface area (Å²) in [6.45, 7) is 0.0978. The SMILES string of the molecule is COC(=O)[C@H](CCC(=O)C[C@@H]1CCc2ccccc21)NC(=O)OCc1ccccc1. The maximum Gasteiger partial charge on any atom is 0.408 e. The number of alkyl carbamates (subject to hydrolysis) is 1. The van der Waals surface area contributed by atoms with E-state index < -0.39 is 18.1 Å². The molecule has 0 unspecified atom stereocenters. The van der Waals surface area contributed by atoms with E-state index in [0.29, 0.717) is 6.42 Å². The van der Waals surface area contributed by atoms with Crippen molar-refractivity contribution in [3.8, 4) is 0 Å². The Morgan fingerprint density at radius 3 is 2.57 bits per heavy atom. The van der Waals surface area contributed by atoms with Gasteiger partial charge in [-0.3, -0.25) is 4.79 Å². The topological polar surface area (TPSA) is 81.7 Å². The van der Waals surface area contributed by atoms with Gasteiger partial charge in [0.25, 0.3) is 0 Å². The molecule has 0 saturated heterocycles. The first-order chi connectivity index (χ1) is 14.6. The first-order valence-corrected chi connectivity index (χ1v) is 10.2. The van der Waals surface area contributed by atoms with Gasteiger partial charge < -0.3 is 14.8 Å². The largest absolute Gasteiger partial charge is 0.467 e. The van der Waals surface area contributed by atoms with Crippen LogP contribution in [0.2, 0.25) is 0 Å². The van der Waals surface area contributed by atoms with Crippen LogP contribution in [-0.2, 0) is 32.1 Å². The van der Waals surface area contributed by atoms with Gasteiger partial charge in [-0.05, 0) is 41.9 Å². The number of Topliss-reactive ketones (excluding diaryl/α,β-unsaturated/α-hetero) is 1. The van der Waals surface area contributed by atoms with E-state index in [9.17, 15) is 14.4 Å². The van der Waals surface area contributed by atoms with Gasteiger partial charge in [0.05, 0.1) is 7.11 Å². The summed E-state index contributed by atoms with van der Waals surface area (Å²) in [5.74, 6) is -0.287. The maximum atomic E-state index is 12.5. The minimum absolute atomic E-state index is 0.0741. The number of amides is 1. The molecular formula is C24H27NO5. The predicted molar refractivity (Wildman–Crippen MR) is 112 cm³/mol. The zero-order chi connectivity index (χ0) is 21.3. The van der Waals surface area contributed by atoms with E-state index in [4.69, 9.17) is 9.47 Å². The summed E-state index contributed by atoms with van der Waals surface area (Å²) in [6, 6.07) is 16.5. The smallest absolute Gasteiger partial charge is 0.408 e. The van der Waals surface area contributed by atoms with Crippen molar-refractivity contribution in [2.24, 2.45) is 0 Å². The Bertz CT molecular complexity index is 880. The van der Waals surface area contributed by atoms with E-state index in [1.54, 1.807) is 0 Å². The zero-order valence-corrected chi connectivity index (χ0v) is 17.1. The number of carbonyl (C=O) groups is 3. The summed E-state index contributed by atoms with van der Waals surface area (Å²) in [4.78, 5) is 36.6. The molecule has 0 spiro atoms. The lowest BCUT2D eigenvalue weighted by Gasteiger charge is -2.17. The number of hydrogen-bond acceptors (Lipinski definition) is 5. The van der Waals surface area contributed by atoms with Gasteiger partial charge in [-0.25, -0.2) is 9.59 Å². The Morgan fingerprint density at radius 2 is 1.80 bits per heavy atom. The zero-order valence-electron chi connectivity index (χ0n) is 17.1. The van der Waals surface area contributed by atoms with Crippen molar-refractivity contribution in [2.75, 3.05) is 7.11 Å². The van der Waals surface area contributed by atoms with Crippen LogP contribution in [0.4, 0.5) is 4.79 Å². The summed E-state index contributed by atoms with van der Waals surface area (Å²) < 4.78 is 9.93. The number of benzene rings is 2. The number of nitrogens with one attached hydrogen (secondary N) is 1. The van der Waals surface area contributed by atoms with Crippen LogP contribution in [0, 0.1) is 0 Å². The van der Waals surface area contributed by atoms with Crippen LogP contribution in [0.15, 0.2) is 54.6 Å². The standard InChI is InChI=1S/C24H27NO5/c1-29-23(27)22(25-24(28)30-16-17-7-3-2-4-8-17)14-13-20(26)15-19-12-11-18-9-5-6-10-21(18)19/h2-10,19,22H,11-16H2,1H3,(H,25,28)/t19-,22-/m0/s1. The highest BCUT2D eigenvalue weighted by Crippen LogP contribution is 2.35. The second-order valence-electron chi connectivity index (χ2n) is 7.50. The summed E-state index contributed by atoms with van der Waals surface area (Å²) >= 11 is 0. The fraction of sp³-hybridized carbons (Fsp3) is 0.375. The molecule has 30 heavy (non-hydrogen) atoms. The molecule has 0 bridgehead atoms. The fourth-order valence-corrected chi connectivity index (χ4v) is 3.84. The maximum absolute atomic E-state index is 12.5. The molecule has 0 radical (unpaired) electrons. The third kappa shape index (κ3) is 5.92. The van der Waals surface area contributed by atoms with Crippen molar-refractivity contribution < 1.29 is 23.9 Å². The number of hydrogen-bond donors (Lipinski definition) is 1. The molecule has 6 nitrogen and oxygen atoms in total. The number of rotatable bonds is 9. The summed E-state index contributed by atoms with van der Waals surface area (Å²) in [6.07, 6.45) is 2.07. The molecule has 0 saturated carbocycles. The van der Waals surface area contributed by atoms with E-state index in [2.05, 4.69) is 17.4 Å². The second kappa shape index (κ2) is 10.6. The van der Waals surface area contributed by atoms with E-state index in [-0.39, 0.29) is 31.1 Å². The monoisotopic (exact) mass is 409 g/mol. The minimum atomic E-state index is -0.918. The van der Waals surface area contributed by atoms with E-state index in [1.165, 1.54) is 18.2 Å². The molecule has 1 N–H and O–H groups in total. The van der Waals surface area contributed by atoms with Crippen molar-refractivity contribution in [2.45, 2.75) is 50.7 Å². The van der Waals surface area contributed by atoms with Crippen LogP contribution in [0.25, 0.3) is 0 Å². The molecule has 0 aromatic heterocycles. The van der Waals surface area contributed by atoms with Crippen LogP contribution >= 0.6 is 0 Å². The van der Waals surface area contributed by atoms with Gasteiger partial charge in [-0.2, -0.15) is 0 Å².